The van der Waals surface area contributed by atoms with E-state index in [0.29, 0.717) is 19.4 Å². The Balaban J connectivity index is 2.04. The van der Waals surface area contributed by atoms with Gasteiger partial charge < -0.3 is 5.73 Å². The normalized spacial score (nSPS) is 10.8. The molecule has 0 unspecified atom stereocenters. The van der Waals surface area contributed by atoms with Gasteiger partial charge in [0, 0.05) is 11.8 Å². The van der Waals surface area contributed by atoms with Crippen molar-refractivity contribution in [3.05, 3.63) is 27.7 Å². The number of aryl methyl sites for hydroxylation is 1. The zero-order chi connectivity index (χ0) is 10.7. The van der Waals surface area contributed by atoms with Crippen molar-refractivity contribution in [2.24, 2.45) is 5.73 Å². The number of rotatable bonds is 4. The Labute approximate surface area is 91.8 Å². The van der Waals surface area contributed by atoms with Gasteiger partial charge in [-0.1, -0.05) is 0 Å². The summed E-state index contributed by atoms with van der Waals surface area (Å²) in [6, 6.07) is 0. The first-order valence-corrected chi connectivity index (χ1v) is 5.67. The summed E-state index contributed by atoms with van der Waals surface area (Å²) in [5, 5.41) is 10.1. The largest absolute Gasteiger partial charge is 0.330 e. The maximum absolute atomic E-state index is 5.42. The van der Waals surface area contributed by atoms with Gasteiger partial charge in [0.2, 0.25) is 0 Å². The third kappa shape index (κ3) is 2.60. The van der Waals surface area contributed by atoms with Crippen molar-refractivity contribution in [1.82, 2.24) is 20.2 Å². The molecule has 0 aromatic carbocycles. The third-order valence-corrected chi connectivity index (χ3v) is 2.78. The lowest BCUT2D eigenvalue weighted by Crippen LogP contribution is -2.04. The average molecular weight is 223 g/mol. The number of hydrogen-bond acceptors (Lipinski definition) is 5. The minimum Gasteiger partial charge on any atom is -0.330 e. The van der Waals surface area contributed by atoms with Gasteiger partial charge in [-0.3, -0.25) is 5.10 Å². The standard InChI is InChI=1S/C9H13N5S/c1-6-11-7(5-15-6)4-9-12-8(2-3-10)13-14-9/h5H,2-4,10H2,1H3,(H,12,13,14). The van der Waals surface area contributed by atoms with Crippen molar-refractivity contribution in [2.45, 2.75) is 19.8 Å². The molecule has 2 heterocycles. The molecular formula is C9H13N5S. The molecule has 0 aliphatic carbocycles. The Morgan fingerprint density at radius 1 is 1.47 bits per heavy atom. The van der Waals surface area contributed by atoms with Gasteiger partial charge in [-0.15, -0.1) is 11.3 Å². The number of hydrogen-bond donors (Lipinski definition) is 2. The molecule has 0 amide bonds. The first-order valence-electron chi connectivity index (χ1n) is 4.79. The van der Waals surface area contributed by atoms with Crippen molar-refractivity contribution < 1.29 is 0 Å². The number of thiazole rings is 1. The smallest absolute Gasteiger partial charge is 0.151 e. The summed E-state index contributed by atoms with van der Waals surface area (Å²) in [7, 11) is 0. The number of nitrogens with one attached hydrogen (secondary N) is 1. The highest BCUT2D eigenvalue weighted by molar-refractivity contribution is 7.09. The predicted octanol–water partition coefficient (Wildman–Crippen LogP) is 0.662. The maximum atomic E-state index is 5.42. The highest BCUT2D eigenvalue weighted by Crippen LogP contribution is 2.10. The quantitative estimate of drug-likeness (QED) is 0.798. The van der Waals surface area contributed by atoms with Crippen LogP contribution < -0.4 is 5.73 Å². The summed E-state index contributed by atoms with van der Waals surface area (Å²) in [6.07, 6.45) is 1.43. The SMILES string of the molecule is Cc1nc(Cc2nc(CCN)n[nH]2)cs1. The molecule has 5 nitrogen and oxygen atoms in total. The van der Waals surface area contributed by atoms with Crippen LogP contribution in [0.4, 0.5) is 0 Å². The van der Waals surface area contributed by atoms with E-state index in [1.165, 1.54) is 0 Å². The maximum Gasteiger partial charge on any atom is 0.151 e. The molecule has 15 heavy (non-hydrogen) atoms. The van der Waals surface area contributed by atoms with Gasteiger partial charge >= 0.3 is 0 Å². The summed E-state index contributed by atoms with van der Waals surface area (Å²) in [6.45, 7) is 2.57. The summed E-state index contributed by atoms with van der Waals surface area (Å²) in [5.74, 6) is 1.63. The summed E-state index contributed by atoms with van der Waals surface area (Å²) >= 11 is 1.65. The van der Waals surface area contributed by atoms with Crippen molar-refractivity contribution in [1.29, 1.82) is 0 Å². The molecule has 80 valence electrons. The van der Waals surface area contributed by atoms with Crippen molar-refractivity contribution in [3.63, 3.8) is 0 Å². The van der Waals surface area contributed by atoms with E-state index in [1.54, 1.807) is 11.3 Å². The highest BCUT2D eigenvalue weighted by Gasteiger charge is 2.05. The van der Waals surface area contributed by atoms with E-state index in [-0.39, 0.29) is 0 Å². The predicted molar refractivity (Wildman–Crippen MR) is 58.8 cm³/mol. The van der Waals surface area contributed by atoms with Crippen LogP contribution in [0.1, 0.15) is 22.4 Å². The molecule has 2 aromatic heterocycles. The molecule has 0 bridgehead atoms. The van der Waals surface area contributed by atoms with Crippen LogP contribution in [0.15, 0.2) is 5.38 Å². The molecule has 0 aliphatic heterocycles. The molecule has 0 saturated heterocycles. The van der Waals surface area contributed by atoms with Crippen LogP contribution in [0.25, 0.3) is 0 Å². The molecule has 2 rings (SSSR count). The van der Waals surface area contributed by atoms with Crippen molar-refractivity contribution in [3.8, 4) is 0 Å². The molecular weight excluding hydrogens is 210 g/mol. The van der Waals surface area contributed by atoms with E-state index in [1.807, 2.05) is 12.3 Å². The number of nitrogens with two attached hydrogens (primary N) is 1. The van der Waals surface area contributed by atoms with E-state index in [9.17, 15) is 0 Å². The lowest BCUT2D eigenvalue weighted by molar-refractivity contribution is 0.874. The summed E-state index contributed by atoms with van der Waals surface area (Å²) in [4.78, 5) is 8.69. The van der Waals surface area contributed by atoms with Crippen LogP contribution in [0.3, 0.4) is 0 Å². The second-order valence-electron chi connectivity index (χ2n) is 3.27. The van der Waals surface area contributed by atoms with Gasteiger partial charge in [-0.25, -0.2) is 9.97 Å². The lowest BCUT2D eigenvalue weighted by Gasteiger charge is -1.89. The van der Waals surface area contributed by atoms with E-state index in [4.69, 9.17) is 5.73 Å². The third-order valence-electron chi connectivity index (χ3n) is 1.96. The number of aromatic nitrogens is 4. The Bertz CT molecular complexity index is 433. The van der Waals surface area contributed by atoms with Gasteiger partial charge in [0.15, 0.2) is 5.82 Å². The topological polar surface area (TPSA) is 80.5 Å². The summed E-state index contributed by atoms with van der Waals surface area (Å²) < 4.78 is 0. The first-order chi connectivity index (χ1) is 7.28. The first kappa shape index (κ1) is 10.3. The number of aromatic amines is 1. The fraction of sp³-hybridized carbons (Fsp3) is 0.444. The monoisotopic (exact) mass is 223 g/mol. The lowest BCUT2D eigenvalue weighted by atomic mass is 10.3. The molecule has 6 heteroatoms. The van der Waals surface area contributed by atoms with Gasteiger partial charge in [-0.2, -0.15) is 5.10 Å². The van der Waals surface area contributed by atoms with Crippen LogP contribution in [-0.4, -0.2) is 26.7 Å². The molecule has 3 N–H and O–H groups in total. The molecule has 0 radical (unpaired) electrons. The number of H-pyrrole nitrogens is 1. The van der Waals surface area contributed by atoms with E-state index < -0.39 is 0 Å². The average Bonchev–Trinajstić information content (AvgIpc) is 2.78. The number of nitrogens with zero attached hydrogens (tertiary/aromatic N) is 3. The Morgan fingerprint density at radius 2 is 2.33 bits per heavy atom. The van der Waals surface area contributed by atoms with Gasteiger partial charge in [-0.05, 0) is 13.5 Å². The molecule has 2 aromatic rings. The second-order valence-corrected chi connectivity index (χ2v) is 4.33. The minimum absolute atomic E-state index is 0.576. The van der Waals surface area contributed by atoms with Crippen molar-refractivity contribution in [2.75, 3.05) is 6.54 Å². The van der Waals surface area contributed by atoms with E-state index >= 15 is 0 Å². The van der Waals surface area contributed by atoms with Crippen LogP contribution in [0.5, 0.6) is 0 Å². The van der Waals surface area contributed by atoms with Crippen LogP contribution >= 0.6 is 11.3 Å². The Kier molecular flexibility index (Phi) is 3.08. The van der Waals surface area contributed by atoms with Gasteiger partial charge in [0.05, 0.1) is 17.1 Å². The molecule has 0 fully saturated rings. The van der Waals surface area contributed by atoms with Gasteiger partial charge in [0.25, 0.3) is 0 Å². The minimum atomic E-state index is 0.576. The van der Waals surface area contributed by atoms with Crippen LogP contribution in [-0.2, 0) is 12.8 Å². The molecule has 0 aliphatic rings. The second kappa shape index (κ2) is 4.50. The zero-order valence-electron chi connectivity index (χ0n) is 8.53. The summed E-state index contributed by atoms with van der Waals surface area (Å²) in [5.41, 5.74) is 6.46. The molecule has 0 saturated carbocycles. The highest BCUT2D eigenvalue weighted by atomic mass is 32.1. The van der Waals surface area contributed by atoms with Crippen molar-refractivity contribution >= 4 is 11.3 Å². The molecule has 0 atom stereocenters. The Morgan fingerprint density at radius 3 is 3.00 bits per heavy atom. The fourth-order valence-corrected chi connectivity index (χ4v) is 1.93. The fourth-order valence-electron chi connectivity index (χ4n) is 1.32. The van der Waals surface area contributed by atoms with E-state index in [2.05, 4.69) is 20.2 Å². The van der Waals surface area contributed by atoms with Gasteiger partial charge in [0.1, 0.15) is 5.82 Å². The van der Waals surface area contributed by atoms with Crippen LogP contribution in [0.2, 0.25) is 0 Å². The van der Waals surface area contributed by atoms with Crippen LogP contribution in [0, 0.1) is 6.92 Å². The zero-order valence-corrected chi connectivity index (χ0v) is 9.34. The Hall–Kier alpha value is -1.27. The van der Waals surface area contributed by atoms with E-state index in [0.717, 1.165) is 22.4 Å². The molecule has 0 spiro atoms.